The monoisotopic (exact) mass is 575 g/mol. The predicted octanol–water partition coefficient (Wildman–Crippen LogP) is 9.93. The number of rotatable bonds is 11. The Morgan fingerprint density at radius 3 is 2.62 bits per heavy atom. The second kappa shape index (κ2) is 13.2. The van der Waals surface area contributed by atoms with Crippen molar-refractivity contribution in [3.05, 3.63) is 114 Å². The van der Waals surface area contributed by atoms with Crippen LogP contribution in [0.25, 0.3) is 32.6 Å². The second-order valence-electron chi connectivity index (χ2n) is 11.2. The number of fused-ring (bicyclic) bond motifs is 1. The Labute approximate surface area is 253 Å². The quantitative estimate of drug-likeness (QED) is 0.156. The van der Waals surface area contributed by atoms with E-state index in [4.69, 9.17) is 0 Å². The molecule has 0 saturated heterocycles. The summed E-state index contributed by atoms with van der Waals surface area (Å²) in [6.45, 7) is 19.0. The summed E-state index contributed by atoms with van der Waals surface area (Å²) < 4.78 is 0. The van der Waals surface area contributed by atoms with E-state index in [1.165, 1.54) is 47.4 Å². The van der Waals surface area contributed by atoms with E-state index < -0.39 is 0 Å². The third-order valence-electron chi connectivity index (χ3n) is 8.08. The molecule has 0 amide bonds. The number of anilines is 1. The van der Waals surface area contributed by atoms with E-state index in [0.717, 1.165) is 62.8 Å². The molecule has 1 saturated carbocycles. The van der Waals surface area contributed by atoms with Crippen LogP contribution in [-0.2, 0) is 0 Å². The molecular weight excluding hydrogens is 534 g/mol. The van der Waals surface area contributed by atoms with Gasteiger partial charge in [-0.3, -0.25) is 5.10 Å². The number of aromatic amines is 1. The summed E-state index contributed by atoms with van der Waals surface area (Å²) in [5.74, 6) is 1.51. The summed E-state index contributed by atoms with van der Waals surface area (Å²) in [4.78, 5) is 7.13. The van der Waals surface area contributed by atoms with Crippen LogP contribution in [0.3, 0.4) is 0 Å². The highest BCUT2D eigenvalue weighted by atomic mass is 32.1. The molecule has 0 atom stereocenters. The number of hydrogen-bond donors (Lipinski definition) is 3. The maximum absolute atomic E-state index is 4.62. The van der Waals surface area contributed by atoms with E-state index >= 15 is 0 Å². The van der Waals surface area contributed by atoms with Crippen molar-refractivity contribution >= 4 is 39.3 Å². The average molecular weight is 576 g/mol. The molecule has 3 aromatic heterocycles. The Hall–Kier alpha value is -4.16. The Morgan fingerprint density at radius 2 is 1.90 bits per heavy atom. The lowest BCUT2D eigenvalue weighted by atomic mass is 9.86. The van der Waals surface area contributed by atoms with Crippen LogP contribution in [0.1, 0.15) is 67.1 Å². The number of nitrogens with zero attached hydrogens (tertiary/aromatic N) is 2. The maximum Gasteiger partial charge on any atom is 0.133 e. The fourth-order valence-corrected chi connectivity index (χ4v) is 6.73. The van der Waals surface area contributed by atoms with Crippen LogP contribution < -0.4 is 10.6 Å². The molecule has 0 aliphatic heterocycles. The Morgan fingerprint density at radius 1 is 1.10 bits per heavy atom. The second-order valence-corrected chi connectivity index (χ2v) is 12.5. The standard InChI is InChI=1S/C36H41N5S/c1-7-28(21-30(8-2)38-23(3)20-27-12-10-9-11-13-27)29-15-16-33-32(22-29)35(41-40-33)26(6)39-36-25(5)31(18-19-37-36)34-17-14-24(4)42-34/h7-8,14-19,21-22,27,38H,2-3,6,9-13,20H2,1,4-5H3,(H,37,39)(H,40,41)/b28-7+,30-21+. The molecule has 1 aliphatic carbocycles. The van der Waals surface area contributed by atoms with Crippen molar-refractivity contribution in [3.63, 3.8) is 0 Å². The fraction of sp³-hybridized carbons (Fsp3) is 0.278. The largest absolute Gasteiger partial charge is 0.359 e. The van der Waals surface area contributed by atoms with Gasteiger partial charge in [-0.1, -0.05) is 64.0 Å². The first-order valence-corrected chi connectivity index (χ1v) is 15.6. The van der Waals surface area contributed by atoms with Gasteiger partial charge in [0.1, 0.15) is 11.5 Å². The number of nitrogens with one attached hydrogen (secondary N) is 3. The molecule has 1 aromatic carbocycles. The first-order valence-electron chi connectivity index (χ1n) is 14.8. The van der Waals surface area contributed by atoms with Gasteiger partial charge in [-0.25, -0.2) is 4.98 Å². The van der Waals surface area contributed by atoms with Crippen LogP contribution >= 0.6 is 11.3 Å². The van der Waals surface area contributed by atoms with Crippen molar-refractivity contribution in [3.8, 4) is 10.4 Å². The van der Waals surface area contributed by atoms with Gasteiger partial charge in [-0.2, -0.15) is 5.10 Å². The maximum atomic E-state index is 4.62. The van der Waals surface area contributed by atoms with Gasteiger partial charge < -0.3 is 10.6 Å². The van der Waals surface area contributed by atoms with Gasteiger partial charge in [0.25, 0.3) is 0 Å². The normalized spacial score (nSPS) is 14.6. The van der Waals surface area contributed by atoms with Crippen LogP contribution in [-0.4, -0.2) is 15.2 Å². The predicted molar refractivity (Wildman–Crippen MR) is 181 cm³/mol. The van der Waals surface area contributed by atoms with Crippen LogP contribution in [0.4, 0.5) is 5.82 Å². The molecule has 3 N–H and O–H groups in total. The summed E-state index contributed by atoms with van der Waals surface area (Å²) in [5, 5.41) is 15.7. The highest BCUT2D eigenvalue weighted by Crippen LogP contribution is 2.34. The van der Waals surface area contributed by atoms with Crippen LogP contribution in [0.15, 0.2) is 92.0 Å². The number of allylic oxidation sites excluding steroid dienone is 5. The summed E-state index contributed by atoms with van der Waals surface area (Å²) in [5.41, 5.74) is 8.85. The van der Waals surface area contributed by atoms with Crippen LogP contribution in [0, 0.1) is 19.8 Å². The topological polar surface area (TPSA) is 65.6 Å². The summed E-state index contributed by atoms with van der Waals surface area (Å²) in [6, 6.07) is 12.7. The Bertz CT molecular complexity index is 1680. The molecule has 5 rings (SSSR count). The van der Waals surface area contributed by atoms with E-state index in [1.807, 2.05) is 12.3 Å². The lowest BCUT2D eigenvalue weighted by Crippen LogP contribution is -2.15. The molecule has 5 nitrogen and oxygen atoms in total. The molecular formula is C36H41N5S. The zero-order chi connectivity index (χ0) is 29.6. The van der Waals surface area contributed by atoms with Crippen molar-refractivity contribution in [2.45, 2.75) is 59.3 Å². The van der Waals surface area contributed by atoms with E-state index in [9.17, 15) is 0 Å². The van der Waals surface area contributed by atoms with Crippen LogP contribution in [0.2, 0.25) is 0 Å². The first kappa shape index (κ1) is 29.3. The number of aryl methyl sites for hydroxylation is 1. The molecule has 1 fully saturated rings. The van der Waals surface area contributed by atoms with Crippen molar-refractivity contribution in [2.75, 3.05) is 5.32 Å². The zero-order valence-corrected chi connectivity index (χ0v) is 25.8. The van der Waals surface area contributed by atoms with E-state index in [0.29, 0.717) is 5.70 Å². The molecule has 6 heteroatoms. The number of benzene rings is 1. The first-order chi connectivity index (χ1) is 20.4. The minimum absolute atomic E-state index is 0.693. The minimum Gasteiger partial charge on any atom is -0.359 e. The van der Waals surface area contributed by atoms with Crippen molar-refractivity contribution in [1.29, 1.82) is 0 Å². The highest BCUT2D eigenvalue weighted by Gasteiger charge is 2.16. The zero-order valence-electron chi connectivity index (χ0n) is 25.0. The summed E-state index contributed by atoms with van der Waals surface area (Å²) in [6.07, 6.45) is 15.6. The third-order valence-corrected chi connectivity index (χ3v) is 9.12. The third kappa shape index (κ3) is 6.66. The molecule has 3 heterocycles. The van der Waals surface area contributed by atoms with Gasteiger partial charge in [0.2, 0.25) is 0 Å². The summed E-state index contributed by atoms with van der Waals surface area (Å²) >= 11 is 1.78. The number of thiophene rings is 1. The Balaban J connectivity index is 1.35. The Kier molecular flexibility index (Phi) is 9.23. The molecule has 42 heavy (non-hydrogen) atoms. The number of H-pyrrole nitrogens is 1. The van der Waals surface area contributed by atoms with Crippen molar-refractivity contribution in [1.82, 2.24) is 20.5 Å². The lowest BCUT2D eigenvalue weighted by Gasteiger charge is -2.23. The van der Waals surface area contributed by atoms with Crippen molar-refractivity contribution in [2.24, 2.45) is 5.92 Å². The van der Waals surface area contributed by atoms with E-state index in [2.05, 4.69) is 115 Å². The van der Waals surface area contributed by atoms with E-state index in [1.54, 1.807) is 11.3 Å². The van der Waals surface area contributed by atoms with Gasteiger partial charge in [-0.05, 0) is 92.3 Å². The summed E-state index contributed by atoms with van der Waals surface area (Å²) in [7, 11) is 0. The lowest BCUT2D eigenvalue weighted by molar-refractivity contribution is 0.353. The highest BCUT2D eigenvalue weighted by molar-refractivity contribution is 7.15. The molecule has 0 unspecified atom stereocenters. The molecule has 216 valence electrons. The number of aromatic nitrogens is 3. The molecule has 0 spiro atoms. The van der Waals surface area contributed by atoms with Gasteiger partial charge in [0, 0.05) is 38.3 Å². The van der Waals surface area contributed by atoms with Gasteiger partial charge in [0.15, 0.2) is 0 Å². The minimum atomic E-state index is 0.693. The fourth-order valence-electron chi connectivity index (χ4n) is 5.78. The molecule has 1 aliphatic rings. The smallest absolute Gasteiger partial charge is 0.133 e. The van der Waals surface area contributed by atoms with Gasteiger partial charge in [-0.15, -0.1) is 11.3 Å². The number of pyridine rings is 1. The molecule has 0 bridgehead atoms. The average Bonchev–Trinajstić information content (AvgIpc) is 3.62. The van der Waals surface area contributed by atoms with E-state index in [-0.39, 0.29) is 0 Å². The van der Waals surface area contributed by atoms with Crippen LogP contribution in [0.5, 0.6) is 0 Å². The van der Waals surface area contributed by atoms with Gasteiger partial charge in [0.05, 0.1) is 11.2 Å². The number of hydrogen-bond acceptors (Lipinski definition) is 5. The SMILES string of the molecule is C=C/C(=C\C(=C/C)c1ccc2[nH]nc(C(=C)Nc3nccc(-c4ccc(C)s4)c3C)c2c1)NC(=C)CC1CCCCC1. The van der Waals surface area contributed by atoms with Crippen molar-refractivity contribution < 1.29 is 0 Å². The van der Waals surface area contributed by atoms with Gasteiger partial charge >= 0.3 is 0 Å². The molecule has 0 radical (unpaired) electrons. The molecule has 4 aromatic rings.